The van der Waals surface area contributed by atoms with Gasteiger partial charge in [-0.3, -0.25) is 14.9 Å². The predicted molar refractivity (Wildman–Crippen MR) is 90.7 cm³/mol. The topological polar surface area (TPSA) is 99.3 Å². The Morgan fingerprint density at radius 2 is 1.83 bits per heavy atom. The van der Waals surface area contributed by atoms with Crippen LogP contribution in [0.5, 0.6) is 0 Å². The molecule has 3 rings (SSSR count). The lowest BCUT2D eigenvalue weighted by molar-refractivity contribution is -0.383. The van der Waals surface area contributed by atoms with Gasteiger partial charge >= 0.3 is 0 Å². The number of fused-ring (bicyclic) bond motifs is 1. The molecular formula is C15H9BrN2O5S. The van der Waals surface area contributed by atoms with Gasteiger partial charge in [-0.2, -0.15) is 0 Å². The fourth-order valence-electron chi connectivity index (χ4n) is 2.47. The van der Waals surface area contributed by atoms with Crippen molar-refractivity contribution < 1.29 is 18.1 Å². The molecule has 0 aliphatic carbocycles. The molecule has 0 atom stereocenters. The minimum atomic E-state index is -4.04. The Balaban J connectivity index is 2.40. The highest BCUT2D eigenvalue weighted by Crippen LogP contribution is 2.33. The highest BCUT2D eigenvalue weighted by atomic mass is 79.9. The van der Waals surface area contributed by atoms with E-state index in [0.29, 0.717) is 10.8 Å². The molecule has 0 spiro atoms. The summed E-state index contributed by atoms with van der Waals surface area (Å²) in [5.41, 5.74) is -0.314. The molecule has 0 saturated carbocycles. The highest BCUT2D eigenvalue weighted by Gasteiger charge is 2.26. The monoisotopic (exact) mass is 408 g/mol. The van der Waals surface area contributed by atoms with Crippen LogP contribution in [0.3, 0.4) is 0 Å². The first kappa shape index (κ1) is 16.3. The molecule has 0 aliphatic rings. The third-order valence-corrected chi connectivity index (χ3v) is 6.19. The molecule has 0 bridgehead atoms. The molecule has 0 saturated heterocycles. The van der Waals surface area contributed by atoms with Crippen LogP contribution in [0.25, 0.3) is 10.9 Å². The third-order valence-electron chi connectivity index (χ3n) is 3.50. The number of hydrogen-bond donors (Lipinski definition) is 0. The summed E-state index contributed by atoms with van der Waals surface area (Å²) < 4.78 is 27.1. The van der Waals surface area contributed by atoms with Gasteiger partial charge in [-0.15, -0.1) is 0 Å². The van der Waals surface area contributed by atoms with Crippen LogP contribution in [0.2, 0.25) is 0 Å². The van der Waals surface area contributed by atoms with Crippen LogP contribution in [0, 0.1) is 10.1 Å². The van der Waals surface area contributed by atoms with Crippen molar-refractivity contribution in [2.24, 2.45) is 0 Å². The smallest absolute Gasteiger partial charge is 0.279 e. The van der Waals surface area contributed by atoms with E-state index in [1.54, 1.807) is 18.2 Å². The van der Waals surface area contributed by atoms with E-state index in [1.807, 2.05) is 0 Å². The van der Waals surface area contributed by atoms with Crippen LogP contribution in [-0.2, 0) is 10.0 Å². The summed E-state index contributed by atoms with van der Waals surface area (Å²) in [4.78, 5) is 21.8. The average Bonchev–Trinajstić information content (AvgIpc) is 2.94. The van der Waals surface area contributed by atoms with Crippen LogP contribution in [0.4, 0.5) is 5.69 Å². The van der Waals surface area contributed by atoms with Gasteiger partial charge < -0.3 is 0 Å². The van der Waals surface area contributed by atoms with E-state index in [-0.39, 0.29) is 27.0 Å². The standard InChI is InChI=1S/C15H9BrN2O5S/c16-11-4-1-2-7-14(11)24(22,23)17-8-10(9-19)15-12(17)5-3-6-13(15)18(20)21/h1-9H. The van der Waals surface area contributed by atoms with Gasteiger partial charge in [0.1, 0.15) is 4.90 Å². The van der Waals surface area contributed by atoms with Crippen molar-refractivity contribution in [2.45, 2.75) is 4.90 Å². The number of nitro benzene ring substituents is 1. The second-order valence-corrected chi connectivity index (χ2v) is 7.50. The molecule has 0 amide bonds. The van der Waals surface area contributed by atoms with E-state index in [2.05, 4.69) is 15.9 Å². The zero-order valence-corrected chi connectivity index (χ0v) is 14.3. The van der Waals surface area contributed by atoms with E-state index in [9.17, 15) is 23.3 Å². The quantitative estimate of drug-likeness (QED) is 0.374. The third kappa shape index (κ3) is 2.42. The Kier molecular flexibility index (Phi) is 3.98. The van der Waals surface area contributed by atoms with Gasteiger partial charge in [0.25, 0.3) is 15.7 Å². The van der Waals surface area contributed by atoms with Gasteiger partial charge in [0.05, 0.1) is 15.8 Å². The van der Waals surface area contributed by atoms with Crippen LogP contribution in [-0.4, -0.2) is 23.6 Å². The van der Waals surface area contributed by atoms with Gasteiger partial charge in [0.15, 0.2) is 6.29 Å². The second kappa shape index (κ2) is 5.84. The molecule has 1 aromatic heterocycles. The molecule has 0 radical (unpaired) electrons. The SMILES string of the molecule is O=Cc1cn(S(=O)(=O)c2ccccc2Br)c2cccc([N+](=O)[O-])c12. The fraction of sp³-hybridized carbons (Fsp3) is 0. The molecule has 1 heterocycles. The van der Waals surface area contributed by atoms with E-state index >= 15 is 0 Å². The molecule has 0 N–H and O–H groups in total. The van der Waals surface area contributed by atoms with Gasteiger partial charge in [0, 0.05) is 22.3 Å². The number of nitrogens with zero attached hydrogens (tertiary/aromatic N) is 2. The van der Waals surface area contributed by atoms with Crippen molar-refractivity contribution in [1.29, 1.82) is 0 Å². The van der Waals surface area contributed by atoms with Crippen LogP contribution < -0.4 is 0 Å². The number of hydrogen-bond acceptors (Lipinski definition) is 5. The predicted octanol–water partition coefficient (Wildman–Crippen LogP) is 3.36. The lowest BCUT2D eigenvalue weighted by Gasteiger charge is -2.09. The number of aromatic nitrogens is 1. The van der Waals surface area contributed by atoms with Crippen molar-refractivity contribution in [2.75, 3.05) is 0 Å². The number of carbonyl (C=O) groups is 1. The number of rotatable bonds is 4. The molecule has 24 heavy (non-hydrogen) atoms. The molecule has 122 valence electrons. The Labute approximate surface area is 144 Å². The zero-order valence-electron chi connectivity index (χ0n) is 11.9. The molecule has 0 fully saturated rings. The summed E-state index contributed by atoms with van der Waals surface area (Å²) in [6.45, 7) is 0. The first-order chi connectivity index (χ1) is 11.4. The minimum Gasteiger partial charge on any atom is -0.298 e. The summed E-state index contributed by atoms with van der Waals surface area (Å²) >= 11 is 3.18. The zero-order chi connectivity index (χ0) is 17.5. The van der Waals surface area contributed by atoms with Crippen molar-refractivity contribution in [3.63, 3.8) is 0 Å². The molecule has 0 aliphatic heterocycles. The number of halogens is 1. The first-order valence-electron chi connectivity index (χ1n) is 6.61. The summed E-state index contributed by atoms with van der Waals surface area (Å²) in [5, 5.41) is 11.2. The van der Waals surface area contributed by atoms with E-state index < -0.39 is 14.9 Å². The maximum atomic E-state index is 12.9. The van der Waals surface area contributed by atoms with Gasteiger partial charge in [0.2, 0.25) is 0 Å². The summed E-state index contributed by atoms with van der Waals surface area (Å²) in [6.07, 6.45) is 1.50. The van der Waals surface area contributed by atoms with Gasteiger partial charge in [-0.25, -0.2) is 12.4 Å². The lowest BCUT2D eigenvalue weighted by Crippen LogP contribution is -2.12. The Morgan fingerprint density at radius 1 is 1.12 bits per heavy atom. The average molecular weight is 409 g/mol. The summed E-state index contributed by atoms with van der Waals surface area (Å²) in [7, 11) is -4.04. The molecule has 0 unspecified atom stereocenters. The summed E-state index contributed by atoms with van der Waals surface area (Å²) in [5.74, 6) is 0. The maximum Gasteiger partial charge on any atom is 0.279 e. The van der Waals surface area contributed by atoms with Crippen LogP contribution in [0.1, 0.15) is 10.4 Å². The molecular weight excluding hydrogens is 400 g/mol. The van der Waals surface area contributed by atoms with Crippen LogP contribution >= 0.6 is 15.9 Å². The first-order valence-corrected chi connectivity index (χ1v) is 8.85. The lowest BCUT2D eigenvalue weighted by atomic mass is 10.1. The number of aldehydes is 1. The molecule has 9 heteroatoms. The molecule has 3 aromatic rings. The van der Waals surface area contributed by atoms with E-state index in [1.165, 1.54) is 24.3 Å². The van der Waals surface area contributed by atoms with Crippen molar-refractivity contribution >= 4 is 48.8 Å². The van der Waals surface area contributed by atoms with E-state index in [4.69, 9.17) is 0 Å². The maximum absolute atomic E-state index is 12.9. The largest absolute Gasteiger partial charge is 0.298 e. The Bertz CT molecular complexity index is 1090. The van der Waals surface area contributed by atoms with Crippen molar-refractivity contribution in [1.82, 2.24) is 3.97 Å². The Hall–Kier alpha value is -2.52. The Morgan fingerprint density at radius 3 is 2.46 bits per heavy atom. The van der Waals surface area contributed by atoms with Gasteiger partial charge in [-0.05, 0) is 34.1 Å². The van der Waals surface area contributed by atoms with Crippen molar-refractivity contribution in [3.05, 3.63) is 68.8 Å². The number of benzene rings is 2. The normalized spacial score (nSPS) is 11.5. The van der Waals surface area contributed by atoms with Gasteiger partial charge in [-0.1, -0.05) is 18.2 Å². The second-order valence-electron chi connectivity index (χ2n) is 4.86. The molecule has 2 aromatic carbocycles. The highest BCUT2D eigenvalue weighted by molar-refractivity contribution is 9.10. The summed E-state index contributed by atoms with van der Waals surface area (Å²) in [6, 6.07) is 10.2. The number of non-ortho nitro benzene ring substituents is 1. The van der Waals surface area contributed by atoms with Crippen LogP contribution in [0.15, 0.2) is 58.0 Å². The van der Waals surface area contributed by atoms with Crippen molar-refractivity contribution in [3.8, 4) is 0 Å². The fourth-order valence-corrected chi connectivity index (χ4v) is 4.81. The minimum absolute atomic E-state index is 0.00636. The van der Waals surface area contributed by atoms with E-state index in [0.717, 1.165) is 10.2 Å². The molecule has 7 nitrogen and oxygen atoms in total. The number of carbonyl (C=O) groups excluding carboxylic acids is 1. The number of nitro groups is 1.